The first kappa shape index (κ1) is 14.3. The van der Waals surface area contributed by atoms with Crippen molar-refractivity contribution in [3.05, 3.63) is 58.3 Å². The fraction of sp³-hybridized carbons (Fsp3) is 0.375. The molecule has 1 aromatic heterocycles. The van der Waals surface area contributed by atoms with Crippen LogP contribution in [0.4, 0.5) is 0 Å². The minimum absolute atomic E-state index is 0.429. The van der Waals surface area contributed by atoms with E-state index in [1.165, 1.54) is 10.4 Å². The van der Waals surface area contributed by atoms with Crippen molar-refractivity contribution in [3.63, 3.8) is 0 Å². The van der Waals surface area contributed by atoms with Crippen LogP contribution in [0.5, 0.6) is 0 Å². The zero-order chi connectivity index (χ0) is 13.5. The van der Waals surface area contributed by atoms with E-state index in [4.69, 9.17) is 0 Å². The number of rotatable bonds is 7. The van der Waals surface area contributed by atoms with Crippen LogP contribution in [0, 0.1) is 0 Å². The standard InChI is InChI=1S/C16H22N2S/c1-3-18(13-15-10-7-11-19-15)16(12-17-2)14-8-5-4-6-9-14/h4-11,16-17H,3,12-13H2,1-2H3. The van der Waals surface area contributed by atoms with E-state index in [1.807, 2.05) is 18.4 Å². The number of nitrogens with one attached hydrogen (secondary N) is 1. The van der Waals surface area contributed by atoms with E-state index in [-0.39, 0.29) is 0 Å². The molecule has 102 valence electrons. The third-order valence-electron chi connectivity index (χ3n) is 3.37. The van der Waals surface area contributed by atoms with Gasteiger partial charge in [0.05, 0.1) is 0 Å². The maximum absolute atomic E-state index is 3.32. The van der Waals surface area contributed by atoms with Gasteiger partial charge in [-0.1, -0.05) is 43.3 Å². The van der Waals surface area contributed by atoms with Gasteiger partial charge in [-0.05, 0) is 30.6 Å². The largest absolute Gasteiger partial charge is 0.318 e. The second-order valence-corrected chi connectivity index (χ2v) is 5.66. The summed E-state index contributed by atoms with van der Waals surface area (Å²) in [5.74, 6) is 0. The van der Waals surface area contributed by atoms with Crippen LogP contribution >= 0.6 is 11.3 Å². The summed E-state index contributed by atoms with van der Waals surface area (Å²) in [4.78, 5) is 3.95. The summed E-state index contributed by atoms with van der Waals surface area (Å²) >= 11 is 1.84. The fourth-order valence-corrected chi connectivity index (χ4v) is 3.10. The highest BCUT2D eigenvalue weighted by atomic mass is 32.1. The Morgan fingerprint density at radius 1 is 1.16 bits per heavy atom. The van der Waals surface area contributed by atoms with E-state index in [0.29, 0.717) is 6.04 Å². The van der Waals surface area contributed by atoms with Crippen molar-refractivity contribution < 1.29 is 0 Å². The van der Waals surface area contributed by atoms with Crippen LogP contribution in [0.1, 0.15) is 23.4 Å². The highest BCUT2D eigenvalue weighted by Crippen LogP contribution is 2.23. The van der Waals surface area contributed by atoms with Gasteiger partial charge < -0.3 is 5.32 Å². The van der Waals surface area contributed by atoms with Gasteiger partial charge in [0, 0.05) is 24.0 Å². The Balaban J connectivity index is 2.16. The van der Waals surface area contributed by atoms with E-state index in [1.54, 1.807) is 0 Å². The Morgan fingerprint density at radius 3 is 2.53 bits per heavy atom. The number of likely N-dealkylation sites (N-methyl/N-ethyl adjacent to an activating group) is 2. The summed E-state index contributed by atoms with van der Waals surface area (Å²) in [6, 6.07) is 15.5. The Hall–Kier alpha value is -1.16. The lowest BCUT2D eigenvalue weighted by Crippen LogP contribution is -2.34. The second kappa shape index (κ2) is 7.43. The third-order valence-corrected chi connectivity index (χ3v) is 4.23. The summed E-state index contributed by atoms with van der Waals surface area (Å²) in [7, 11) is 2.02. The molecule has 0 aliphatic rings. The maximum Gasteiger partial charge on any atom is 0.0476 e. The number of nitrogens with zero attached hydrogens (tertiary/aromatic N) is 1. The monoisotopic (exact) mass is 274 g/mol. The van der Waals surface area contributed by atoms with E-state index < -0.39 is 0 Å². The van der Waals surface area contributed by atoms with Crippen molar-refractivity contribution >= 4 is 11.3 Å². The van der Waals surface area contributed by atoms with Gasteiger partial charge in [-0.25, -0.2) is 0 Å². The van der Waals surface area contributed by atoms with Gasteiger partial charge in [-0.3, -0.25) is 4.90 Å². The molecular formula is C16H22N2S. The molecule has 1 aromatic carbocycles. The predicted octanol–water partition coefficient (Wildman–Crippen LogP) is 3.53. The molecule has 3 heteroatoms. The zero-order valence-corrected chi connectivity index (χ0v) is 12.5. The van der Waals surface area contributed by atoms with Crippen molar-refractivity contribution in [1.29, 1.82) is 0 Å². The van der Waals surface area contributed by atoms with E-state index >= 15 is 0 Å². The number of benzene rings is 1. The molecule has 0 amide bonds. The molecule has 1 heterocycles. The SMILES string of the molecule is CCN(Cc1cccs1)C(CNC)c1ccccc1. The Labute approximate surface area is 120 Å². The average molecular weight is 274 g/mol. The van der Waals surface area contributed by atoms with E-state index in [9.17, 15) is 0 Å². The quantitative estimate of drug-likeness (QED) is 0.831. The Kier molecular flexibility index (Phi) is 5.58. The van der Waals surface area contributed by atoms with Crippen molar-refractivity contribution in [2.45, 2.75) is 19.5 Å². The lowest BCUT2D eigenvalue weighted by molar-refractivity contribution is 0.198. The molecular weight excluding hydrogens is 252 g/mol. The molecule has 2 rings (SSSR count). The molecule has 1 unspecified atom stereocenters. The summed E-state index contributed by atoms with van der Waals surface area (Å²) < 4.78 is 0. The summed E-state index contributed by atoms with van der Waals surface area (Å²) in [5.41, 5.74) is 1.38. The van der Waals surface area contributed by atoms with Gasteiger partial charge in [0.25, 0.3) is 0 Å². The van der Waals surface area contributed by atoms with Crippen molar-refractivity contribution in [3.8, 4) is 0 Å². The van der Waals surface area contributed by atoms with Crippen molar-refractivity contribution in [1.82, 2.24) is 10.2 Å². The van der Waals surface area contributed by atoms with Gasteiger partial charge in [0.15, 0.2) is 0 Å². The summed E-state index contributed by atoms with van der Waals surface area (Å²) in [6.07, 6.45) is 0. The van der Waals surface area contributed by atoms with Crippen molar-refractivity contribution in [2.24, 2.45) is 0 Å². The molecule has 2 aromatic rings. The molecule has 0 saturated heterocycles. The highest BCUT2D eigenvalue weighted by Gasteiger charge is 2.18. The van der Waals surface area contributed by atoms with Crippen LogP contribution in [0.3, 0.4) is 0 Å². The lowest BCUT2D eigenvalue weighted by atomic mass is 10.1. The fourth-order valence-electron chi connectivity index (χ4n) is 2.37. The van der Waals surface area contributed by atoms with E-state index in [0.717, 1.165) is 19.6 Å². The van der Waals surface area contributed by atoms with Gasteiger partial charge in [-0.15, -0.1) is 11.3 Å². The average Bonchev–Trinajstić information content (AvgIpc) is 2.96. The minimum Gasteiger partial charge on any atom is -0.318 e. The first-order chi connectivity index (χ1) is 9.35. The van der Waals surface area contributed by atoms with Crippen LogP contribution in [0.25, 0.3) is 0 Å². The second-order valence-electron chi connectivity index (χ2n) is 4.63. The van der Waals surface area contributed by atoms with Crippen molar-refractivity contribution in [2.75, 3.05) is 20.1 Å². The first-order valence-corrected chi connectivity index (χ1v) is 7.69. The zero-order valence-electron chi connectivity index (χ0n) is 11.7. The Morgan fingerprint density at radius 2 is 1.95 bits per heavy atom. The molecule has 2 nitrogen and oxygen atoms in total. The van der Waals surface area contributed by atoms with Crippen LogP contribution in [0.15, 0.2) is 47.8 Å². The maximum atomic E-state index is 3.32. The predicted molar refractivity (Wildman–Crippen MR) is 83.5 cm³/mol. The first-order valence-electron chi connectivity index (χ1n) is 6.81. The van der Waals surface area contributed by atoms with Gasteiger partial charge in [-0.2, -0.15) is 0 Å². The summed E-state index contributed by atoms with van der Waals surface area (Å²) in [5, 5.41) is 5.47. The molecule has 0 fully saturated rings. The molecule has 1 atom stereocenters. The Bertz CT molecular complexity index is 453. The molecule has 0 saturated carbocycles. The number of hydrogen-bond donors (Lipinski definition) is 1. The van der Waals surface area contributed by atoms with Crippen LogP contribution in [-0.2, 0) is 6.54 Å². The minimum atomic E-state index is 0.429. The molecule has 0 spiro atoms. The molecule has 0 aliphatic carbocycles. The van der Waals surface area contributed by atoms with Crippen LogP contribution in [0.2, 0.25) is 0 Å². The molecule has 19 heavy (non-hydrogen) atoms. The van der Waals surface area contributed by atoms with Crippen LogP contribution in [-0.4, -0.2) is 25.0 Å². The summed E-state index contributed by atoms with van der Waals surface area (Å²) in [6.45, 7) is 5.29. The number of thiophene rings is 1. The molecule has 1 N–H and O–H groups in total. The highest BCUT2D eigenvalue weighted by molar-refractivity contribution is 7.09. The van der Waals surface area contributed by atoms with Gasteiger partial charge in [0.2, 0.25) is 0 Å². The molecule has 0 bridgehead atoms. The normalized spacial score (nSPS) is 12.8. The molecule has 0 aliphatic heterocycles. The van der Waals surface area contributed by atoms with Gasteiger partial charge >= 0.3 is 0 Å². The topological polar surface area (TPSA) is 15.3 Å². The smallest absolute Gasteiger partial charge is 0.0476 e. The molecule has 0 radical (unpaired) electrons. The van der Waals surface area contributed by atoms with Crippen LogP contribution < -0.4 is 5.32 Å². The number of hydrogen-bond acceptors (Lipinski definition) is 3. The lowest BCUT2D eigenvalue weighted by Gasteiger charge is -2.30. The third kappa shape index (κ3) is 3.90. The van der Waals surface area contributed by atoms with Gasteiger partial charge in [0.1, 0.15) is 0 Å². The van der Waals surface area contributed by atoms with E-state index in [2.05, 4.69) is 65.0 Å².